The molecular formula is C21H16Cl6N2O2S. The van der Waals surface area contributed by atoms with E-state index in [-0.39, 0.29) is 32.6 Å². The maximum Gasteiger partial charge on any atom is 0.253 e. The van der Waals surface area contributed by atoms with Crippen molar-refractivity contribution in [3.63, 3.8) is 0 Å². The fourth-order valence-corrected chi connectivity index (χ4v) is 6.53. The molecule has 2 aliphatic rings. The summed E-state index contributed by atoms with van der Waals surface area (Å²) in [6, 6.07) is 8.02. The number of hydrogen-bond acceptors (Lipinski definition) is 3. The predicted octanol–water partition coefficient (Wildman–Crippen LogP) is 7.06. The summed E-state index contributed by atoms with van der Waals surface area (Å²) >= 11 is 39.1. The number of thioether (sulfide) groups is 1. The van der Waals surface area contributed by atoms with Gasteiger partial charge in [-0.05, 0) is 48.1 Å². The molecule has 1 aliphatic heterocycles. The standard InChI is InChI=1S/C21H16Cl6N2O2S/c22-13-2-1-10(7-12(13)19(30)29-11-3-4-32-8-11)28-20(31)17-16(21(17,26)27)9-5-14(23)18(25)15(24)6-9/h1-2,5-7,11,16-17H,3-4,8H2,(H,28,31)(H,29,30)/t11?,16-,17+/m0/s1. The fraction of sp³-hybridized carbons (Fsp3) is 0.333. The Bertz CT molecular complexity index is 1070. The van der Waals surface area contributed by atoms with Gasteiger partial charge in [0.15, 0.2) is 0 Å². The van der Waals surface area contributed by atoms with Gasteiger partial charge in [0, 0.05) is 23.4 Å². The molecule has 2 amide bonds. The zero-order valence-electron chi connectivity index (χ0n) is 16.2. The second kappa shape index (κ2) is 9.61. The quantitative estimate of drug-likeness (QED) is 0.298. The van der Waals surface area contributed by atoms with Gasteiger partial charge in [0.25, 0.3) is 5.91 Å². The van der Waals surface area contributed by atoms with Crippen molar-refractivity contribution in [1.82, 2.24) is 5.32 Å². The summed E-state index contributed by atoms with van der Waals surface area (Å²) in [5.41, 5.74) is 1.31. The molecule has 4 nitrogen and oxygen atoms in total. The summed E-state index contributed by atoms with van der Waals surface area (Å²) in [4.78, 5) is 25.6. The zero-order chi connectivity index (χ0) is 23.2. The van der Waals surface area contributed by atoms with Crippen LogP contribution >= 0.6 is 81.4 Å². The molecule has 3 atom stereocenters. The molecule has 0 radical (unpaired) electrons. The molecule has 32 heavy (non-hydrogen) atoms. The van der Waals surface area contributed by atoms with Crippen molar-refractivity contribution < 1.29 is 9.59 Å². The normalized spacial score (nSPS) is 23.6. The first kappa shape index (κ1) is 24.6. The van der Waals surface area contributed by atoms with Gasteiger partial charge in [0.1, 0.15) is 4.33 Å². The van der Waals surface area contributed by atoms with Gasteiger partial charge in [-0.1, -0.05) is 46.4 Å². The first-order valence-corrected chi connectivity index (χ1v) is 13.0. The Morgan fingerprint density at radius 2 is 1.69 bits per heavy atom. The third kappa shape index (κ3) is 4.95. The molecule has 0 aromatic heterocycles. The van der Waals surface area contributed by atoms with Gasteiger partial charge >= 0.3 is 0 Å². The monoisotopic (exact) mass is 570 g/mol. The lowest BCUT2D eigenvalue weighted by atomic mass is 10.1. The Labute approximate surface area is 219 Å². The minimum atomic E-state index is -1.34. The number of carbonyl (C=O) groups is 2. The van der Waals surface area contributed by atoms with E-state index in [1.54, 1.807) is 36.0 Å². The first-order chi connectivity index (χ1) is 15.1. The van der Waals surface area contributed by atoms with E-state index in [4.69, 9.17) is 69.6 Å². The van der Waals surface area contributed by atoms with Gasteiger partial charge in [0.05, 0.1) is 31.6 Å². The van der Waals surface area contributed by atoms with Crippen molar-refractivity contribution >= 4 is 98.9 Å². The van der Waals surface area contributed by atoms with Crippen LogP contribution in [0.1, 0.15) is 28.3 Å². The lowest BCUT2D eigenvalue weighted by Crippen LogP contribution is -2.34. The maximum absolute atomic E-state index is 12.9. The molecule has 1 unspecified atom stereocenters. The van der Waals surface area contributed by atoms with Crippen LogP contribution < -0.4 is 10.6 Å². The lowest BCUT2D eigenvalue weighted by Gasteiger charge is -2.13. The van der Waals surface area contributed by atoms with Crippen molar-refractivity contribution in [3.05, 3.63) is 61.5 Å². The number of benzene rings is 2. The van der Waals surface area contributed by atoms with Gasteiger partial charge in [-0.3, -0.25) is 9.59 Å². The molecule has 2 aromatic carbocycles. The zero-order valence-corrected chi connectivity index (χ0v) is 21.6. The highest BCUT2D eigenvalue weighted by Crippen LogP contribution is 2.65. The van der Waals surface area contributed by atoms with Gasteiger partial charge in [0.2, 0.25) is 5.91 Å². The molecule has 1 saturated carbocycles. The number of nitrogens with one attached hydrogen (secondary N) is 2. The van der Waals surface area contributed by atoms with E-state index in [9.17, 15) is 9.59 Å². The van der Waals surface area contributed by atoms with Crippen molar-refractivity contribution in [1.29, 1.82) is 0 Å². The van der Waals surface area contributed by atoms with Crippen LogP contribution in [0.25, 0.3) is 0 Å². The molecular weight excluding hydrogens is 557 g/mol. The molecule has 11 heteroatoms. The summed E-state index contributed by atoms with van der Waals surface area (Å²) in [6.45, 7) is 0. The summed E-state index contributed by atoms with van der Waals surface area (Å²) in [6.07, 6.45) is 0.916. The average molecular weight is 573 g/mol. The lowest BCUT2D eigenvalue weighted by molar-refractivity contribution is -0.117. The second-order valence-corrected chi connectivity index (χ2v) is 11.8. The van der Waals surface area contributed by atoms with Crippen LogP contribution in [-0.2, 0) is 4.79 Å². The predicted molar refractivity (Wildman–Crippen MR) is 135 cm³/mol. The van der Waals surface area contributed by atoms with Crippen LogP contribution in [0.15, 0.2) is 30.3 Å². The number of alkyl halides is 2. The van der Waals surface area contributed by atoms with Crippen LogP contribution in [-0.4, -0.2) is 33.7 Å². The minimum absolute atomic E-state index is 0.111. The van der Waals surface area contributed by atoms with Crippen LogP contribution in [0.3, 0.4) is 0 Å². The van der Waals surface area contributed by atoms with Crippen LogP contribution in [0, 0.1) is 5.92 Å². The Kier molecular flexibility index (Phi) is 7.39. The van der Waals surface area contributed by atoms with E-state index in [2.05, 4.69) is 10.6 Å². The Balaban J connectivity index is 1.49. The molecule has 1 aliphatic carbocycles. The van der Waals surface area contributed by atoms with Gasteiger partial charge < -0.3 is 10.6 Å². The van der Waals surface area contributed by atoms with Crippen molar-refractivity contribution in [2.45, 2.75) is 22.7 Å². The van der Waals surface area contributed by atoms with E-state index in [1.807, 2.05) is 0 Å². The molecule has 0 spiro atoms. The van der Waals surface area contributed by atoms with Gasteiger partial charge in [-0.25, -0.2) is 0 Å². The fourth-order valence-electron chi connectivity index (χ4n) is 3.73. The van der Waals surface area contributed by atoms with E-state index < -0.39 is 22.1 Å². The molecule has 4 rings (SSSR count). The summed E-state index contributed by atoms with van der Waals surface area (Å²) < 4.78 is -1.34. The third-order valence-corrected chi connectivity index (χ3v) is 9.07. The van der Waals surface area contributed by atoms with Crippen molar-refractivity contribution in [3.8, 4) is 0 Å². The van der Waals surface area contributed by atoms with E-state index >= 15 is 0 Å². The highest BCUT2D eigenvalue weighted by atomic mass is 35.5. The Morgan fingerprint density at radius 1 is 1.00 bits per heavy atom. The molecule has 170 valence electrons. The average Bonchev–Trinajstić information content (AvgIpc) is 3.04. The summed E-state index contributed by atoms with van der Waals surface area (Å²) in [5.74, 6) is -0.0640. The largest absolute Gasteiger partial charge is 0.348 e. The van der Waals surface area contributed by atoms with Gasteiger partial charge in [-0.15, -0.1) is 23.2 Å². The highest BCUT2D eigenvalue weighted by molar-refractivity contribution is 7.99. The molecule has 2 N–H and O–H groups in total. The number of carbonyl (C=O) groups excluding carboxylic acids is 2. The summed E-state index contributed by atoms with van der Waals surface area (Å²) in [5, 5.41) is 6.76. The Hall–Kier alpha value is -0.530. The molecule has 0 bridgehead atoms. The molecule has 1 heterocycles. The van der Waals surface area contributed by atoms with E-state index in [0.29, 0.717) is 16.3 Å². The Morgan fingerprint density at radius 3 is 2.31 bits per heavy atom. The highest BCUT2D eigenvalue weighted by Gasteiger charge is 2.67. The van der Waals surface area contributed by atoms with E-state index in [1.165, 1.54) is 6.07 Å². The van der Waals surface area contributed by atoms with Gasteiger partial charge in [-0.2, -0.15) is 11.8 Å². The first-order valence-electron chi connectivity index (χ1n) is 9.61. The minimum Gasteiger partial charge on any atom is -0.348 e. The molecule has 1 saturated heterocycles. The number of anilines is 1. The van der Waals surface area contributed by atoms with Crippen LogP contribution in [0.4, 0.5) is 5.69 Å². The molecule has 2 fully saturated rings. The second-order valence-electron chi connectivity index (χ2n) is 7.65. The van der Waals surface area contributed by atoms with Crippen molar-refractivity contribution in [2.24, 2.45) is 5.92 Å². The number of rotatable bonds is 5. The SMILES string of the molecule is O=C(NC1CCSC1)c1cc(NC(=O)[C@H]2[C@H](c3cc(Cl)c(Cl)c(Cl)c3)C2(Cl)Cl)ccc1Cl. The molecule has 2 aromatic rings. The van der Waals surface area contributed by atoms with E-state index in [0.717, 1.165) is 17.9 Å². The van der Waals surface area contributed by atoms with Crippen LogP contribution in [0.5, 0.6) is 0 Å². The maximum atomic E-state index is 12.9. The third-order valence-electron chi connectivity index (χ3n) is 5.44. The number of amides is 2. The topological polar surface area (TPSA) is 58.2 Å². The van der Waals surface area contributed by atoms with Crippen LogP contribution in [0.2, 0.25) is 20.1 Å². The smallest absolute Gasteiger partial charge is 0.253 e. The van der Waals surface area contributed by atoms with Crippen molar-refractivity contribution in [2.75, 3.05) is 16.8 Å². The summed E-state index contributed by atoms with van der Waals surface area (Å²) in [7, 11) is 0. The number of halogens is 6. The number of hydrogen-bond donors (Lipinski definition) is 2.